The highest BCUT2D eigenvalue weighted by Gasteiger charge is 2.07. The van der Waals surface area contributed by atoms with Crippen LogP contribution in [0.25, 0.3) is 16.9 Å². The zero-order valence-electron chi connectivity index (χ0n) is 14.7. The highest BCUT2D eigenvalue weighted by molar-refractivity contribution is 9.10. The molecule has 0 unspecified atom stereocenters. The zero-order chi connectivity index (χ0) is 18.8. The number of hydrogen-bond donors (Lipinski definition) is 1. The van der Waals surface area contributed by atoms with Crippen molar-refractivity contribution in [3.8, 4) is 11.3 Å². The number of benzene rings is 2. The second-order valence-corrected chi connectivity index (χ2v) is 7.22. The van der Waals surface area contributed by atoms with Gasteiger partial charge in [0.25, 0.3) is 5.56 Å². The van der Waals surface area contributed by atoms with Crippen LogP contribution >= 0.6 is 15.9 Å². The first-order valence-electron chi connectivity index (χ1n) is 8.55. The molecule has 1 N–H and O–H groups in total. The van der Waals surface area contributed by atoms with E-state index in [1.54, 1.807) is 0 Å². The monoisotopic (exact) mass is 420 g/mol. The van der Waals surface area contributed by atoms with Gasteiger partial charge in [-0.25, -0.2) is 4.98 Å². The van der Waals surface area contributed by atoms with Crippen molar-refractivity contribution in [2.75, 3.05) is 5.32 Å². The summed E-state index contributed by atoms with van der Waals surface area (Å²) in [6.07, 6.45) is 0. The number of aryl methyl sites for hydroxylation is 1. The van der Waals surface area contributed by atoms with Gasteiger partial charge in [0.1, 0.15) is 0 Å². The summed E-state index contributed by atoms with van der Waals surface area (Å²) in [5, 5.41) is 7.74. The Labute approximate surface area is 164 Å². The predicted octanol–water partition coefficient (Wildman–Crippen LogP) is 4.44. The number of fused-ring (bicyclic) bond motifs is 1. The minimum absolute atomic E-state index is 0.192. The molecule has 0 aliphatic heterocycles. The van der Waals surface area contributed by atoms with Gasteiger partial charge in [-0.2, -0.15) is 9.61 Å². The van der Waals surface area contributed by atoms with E-state index in [0.717, 1.165) is 27.0 Å². The van der Waals surface area contributed by atoms with E-state index in [1.807, 2.05) is 67.6 Å². The SMILES string of the molecule is Cc1cccc(-c2ccc3nc(CNc4ccc(Br)cc4)cc(=O)n3n2)c1. The lowest BCUT2D eigenvalue weighted by atomic mass is 10.1. The molecule has 4 rings (SSSR count). The van der Waals surface area contributed by atoms with Crippen molar-refractivity contribution < 1.29 is 0 Å². The van der Waals surface area contributed by atoms with Crippen LogP contribution in [0.1, 0.15) is 11.3 Å². The average molecular weight is 421 g/mol. The molecule has 0 saturated carbocycles. The first kappa shape index (κ1) is 17.4. The summed E-state index contributed by atoms with van der Waals surface area (Å²) in [6.45, 7) is 2.50. The van der Waals surface area contributed by atoms with E-state index in [0.29, 0.717) is 17.9 Å². The van der Waals surface area contributed by atoms with Crippen LogP contribution < -0.4 is 10.9 Å². The first-order chi connectivity index (χ1) is 13.1. The van der Waals surface area contributed by atoms with Gasteiger partial charge in [0.2, 0.25) is 0 Å². The fourth-order valence-corrected chi connectivity index (χ4v) is 3.12. The molecule has 2 aromatic heterocycles. The Morgan fingerprint density at radius 3 is 2.63 bits per heavy atom. The van der Waals surface area contributed by atoms with Crippen LogP contribution in [0.3, 0.4) is 0 Å². The lowest BCUT2D eigenvalue weighted by molar-refractivity contribution is 0.853. The molecule has 6 heteroatoms. The molecule has 5 nitrogen and oxygen atoms in total. The van der Waals surface area contributed by atoms with E-state index in [1.165, 1.54) is 10.6 Å². The van der Waals surface area contributed by atoms with Gasteiger partial charge in [-0.3, -0.25) is 4.79 Å². The van der Waals surface area contributed by atoms with Crippen molar-refractivity contribution in [2.45, 2.75) is 13.5 Å². The smallest absolute Gasteiger partial charge is 0.274 e. The van der Waals surface area contributed by atoms with Crippen LogP contribution in [0.4, 0.5) is 5.69 Å². The van der Waals surface area contributed by atoms with Crippen LogP contribution in [0, 0.1) is 6.92 Å². The Hall–Kier alpha value is -2.99. The Kier molecular flexibility index (Phi) is 4.73. The lowest BCUT2D eigenvalue weighted by Gasteiger charge is -2.08. The fraction of sp³-hybridized carbons (Fsp3) is 0.0952. The Morgan fingerprint density at radius 2 is 1.85 bits per heavy atom. The molecule has 134 valence electrons. The molecular weight excluding hydrogens is 404 g/mol. The van der Waals surface area contributed by atoms with Gasteiger partial charge >= 0.3 is 0 Å². The number of halogens is 1. The van der Waals surface area contributed by atoms with Crippen molar-refractivity contribution in [3.63, 3.8) is 0 Å². The maximum absolute atomic E-state index is 12.5. The molecule has 0 aliphatic carbocycles. The Balaban J connectivity index is 1.63. The van der Waals surface area contributed by atoms with Gasteiger partial charge in [0.05, 0.1) is 17.9 Å². The molecule has 0 spiro atoms. The van der Waals surface area contributed by atoms with Crippen LogP contribution in [0.15, 0.2) is 76.0 Å². The lowest BCUT2D eigenvalue weighted by Crippen LogP contribution is -2.19. The van der Waals surface area contributed by atoms with Crippen LogP contribution in [0.5, 0.6) is 0 Å². The molecule has 0 amide bonds. The second kappa shape index (κ2) is 7.32. The van der Waals surface area contributed by atoms with E-state index < -0.39 is 0 Å². The summed E-state index contributed by atoms with van der Waals surface area (Å²) < 4.78 is 2.37. The molecule has 0 fully saturated rings. The van der Waals surface area contributed by atoms with Crippen LogP contribution in [0.2, 0.25) is 0 Å². The van der Waals surface area contributed by atoms with Gasteiger partial charge in [0.15, 0.2) is 5.65 Å². The van der Waals surface area contributed by atoms with E-state index in [9.17, 15) is 4.79 Å². The number of nitrogens with zero attached hydrogens (tertiary/aromatic N) is 3. The molecule has 0 bridgehead atoms. The molecule has 27 heavy (non-hydrogen) atoms. The number of aromatic nitrogens is 3. The molecule has 0 saturated heterocycles. The minimum atomic E-state index is -0.192. The van der Waals surface area contributed by atoms with Crippen molar-refractivity contribution in [1.29, 1.82) is 0 Å². The quantitative estimate of drug-likeness (QED) is 0.530. The van der Waals surface area contributed by atoms with Crippen molar-refractivity contribution >= 4 is 27.3 Å². The zero-order valence-corrected chi connectivity index (χ0v) is 16.3. The van der Waals surface area contributed by atoms with E-state index in [2.05, 4.69) is 31.3 Å². The number of rotatable bonds is 4. The van der Waals surface area contributed by atoms with Crippen molar-refractivity contribution in [1.82, 2.24) is 14.6 Å². The summed E-state index contributed by atoms with van der Waals surface area (Å²) in [7, 11) is 0. The Morgan fingerprint density at radius 1 is 1.04 bits per heavy atom. The third-order valence-corrected chi connectivity index (χ3v) is 4.73. The number of nitrogens with one attached hydrogen (secondary N) is 1. The first-order valence-corrected chi connectivity index (χ1v) is 9.34. The maximum atomic E-state index is 12.5. The maximum Gasteiger partial charge on any atom is 0.274 e. The van der Waals surface area contributed by atoms with Gasteiger partial charge in [-0.1, -0.05) is 39.7 Å². The van der Waals surface area contributed by atoms with E-state index >= 15 is 0 Å². The summed E-state index contributed by atoms with van der Waals surface area (Å²) >= 11 is 3.41. The second-order valence-electron chi connectivity index (χ2n) is 6.30. The van der Waals surface area contributed by atoms with Gasteiger partial charge in [0, 0.05) is 21.8 Å². The van der Waals surface area contributed by atoms with Crippen LogP contribution in [-0.4, -0.2) is 14.6 Å². The van der Waals surface area contributed by atoms with E-state index in [4.69, 9.17) is 0 Å². The highest BCUT2D eigenvalue weighted by Crippen LogP contribution is 2.18. The molecule has 4 aromatic rings. The highest BCUT2D eigenvalue weighted by atomic mass is 79.9. The van der Waals surface area contributed by atoms with Crippen LogP contribution in [-0.2, 0) is 6.54 Å². The topological polar surface area (TPSA) is 59.3 Å². The Bertz CT molecular complexity index is 1170. The summed E-state index contributed by atoms with van der Waals surface area (Å²) in [5.74, 6) is 0. The summed E-state index contributed by atoms with van der Waals surface area (Å²) in [6, 6.07) is 21.1. The predicted molar refractivity (Wildman–Crippen MR) is 111 cm³/mol. The number of hydrogen-bond acceptors (Lipinski definition) is 4. The third-order valence-electron chi connectivity index (χ3n) is 4.20. The van der Waals surface area contributed by atoms with Crippen molar-refractivity contribution in [3.05, 3.63) is 92.8 Å². The minimum Gasteiger partial charge on any atom is -0.379 e. The van der Waals surface area contributed by atoms with E-state index in [-0.39, 0.29) is 5.56 Å². The molecule has 0 atom stereocenters. The molecule has 0 aliphatic rings. The fourth-order valence-electron chi connectivity index (χ4n) is 2.86. The third kappa shape index (κ3) is 3.90. The summed E-state index contributed by atoms with van der Waals surface area (Å²) in [5.41, 5.74) is 4.85. The average Bonchev–Trinajstić information content (AvgIpc) is 2.67. The van der Waals surface area contributed by atoms with Gasteiger partial charge in [-0.15, -0.1) is 0 Å². The van der Waals surface area contributed by atoms with Gasteiger partial charge in [-0.05, 0) is 49.4 Å². The molecule has 2 aromatic carbocycles. The van der Waals surface area contributed by atoms with Gasteiger partial charge < -0.3 is 5.32 Å². The normalized spacial score (nSPS) is 10.9. The largest absolute Gasteiger partial charge is 0.379 e. The molecular formula is C21H17BrN4O. The standard InChI is InChI=1S/C21H17BrN4O/c1-14-3-2-4-15(11-14)19-9-10-20-24-18(12-21(27)26(20)25-19)13-23-17-7-5-16(22)6-8-17/h2-12,23H,13H2,1H3. The number of anilines is 1. The molecule has 2 heterocycles. The molecule has 0 radical (unpaired) electrons. The van der Waals surface area contributed by atoms with Crippen molar-refractivity contribution in [2.24, 2.45) is 0 Å². The summed E-state index contributed by atoms with van der Waals surface area (Å²) in [4.78, 5) is 17.1.